The molecule has 0 saturated carbocycles. The zero-order valence-electron chi connectivity index (χ0n) is 10.9. The number of benzene rings is 1. The van der Waals surface area contributed by atoms with Crippen LogP contribution in [0.15, 0.2) is 18.2 Å². The van der Waals surface area contributed by atoms with Crippen LogP contribution in [-0.4, -0.2) is 26.5 Å². The third kappa shape index (κ3) is 3.37. The van der Waals surface area contributed by atoms with Gasteiger partial charge in [0.25, 0.3) is 5.91 Å². The predicted molar refractivity (Wildman–Crippen MR) is 72.4 cm³/mol. The van der Waals surface area contributed by atoms with Crippen molar-refractivity contribution in [2.24, 2.45) is 5.92 Å². The van der Waals surface area contributed by atoms with Gasteiger partial charge in [-0.25, -0.2) is 0 Å². The average Bonchev–Trinajstić information content (AvgIpc) is 2.27. The molecule has 0 radical (unpaired) electrons. The second-order valence-electron chi connectivity index (χ2n) is 4.63. The summed E-state index contributed by atoms with van der Waals surface area (Å²) in [6.45, 7) is 5.20. The molecule has 17 heavy (non-hydrogen) atoms. The van der Waals surface area contributed by atoms with E-state index in [9.17, 15) is 4.79 Å². The van der Waals surface area contributed by atoms with E-state index in [0.29, 0.717) is 17.2 Å². The number of rotatable bonds is 4. The van der Waals surface area contributed by atoms with Gasteiger partial charge in [-0.05, 0) is 24.1 Å². The summed E-state index contributed by atoms with van der Waals surface area (Å²) < 4.78 is 0. The second kappa shape index (κ2) is 5.57. The molecule has 0 fully saturated rings. The van der Waals surface area contributed by atoms with E-state index in [-0.39, 0.29) is 5.91 Å². The van der Waals surface area contributed by atoms with Crippen molar-refractivity contribution >= 4 is 17.3 Å². The zero-order chi connectivity index (χ0) is 13.0. The molecule has 0 saturated heterocycles. The molecule has 1 rings (SSSR count). The maximum Gasteiger partial charge on any atom is 0.251 e. The third-order valence-corrected chi connectivity index (χ3v) is 2.57. The van der Waals surface area contributed by atoms with Crippen LogP contribution in [0.4, 0.5) is 11.4 Å². The van der Waals surface area contributed by atoms with Crippen molar-refractivity contribution < 1.29 is 4.79 Å². The van der Waals surface area contributed by atoms with Gasteiger partial charge in [0.15, 0.2) is 0 Å². The molecule has 1 aromatic rings. The molecular formula is C13H21N3O. The molecular weight excluding hydrogens is 214 g/mol. The van der Waals surface area contributed by atoms with E-state index >= 15 is 0 Å². The Balaban J connectivity index is 3.01. The lowest BCUT2D eigenvalue weighted by atomic mass is 10.1. The first-order chi connectivity index (χ1) is 7.95. The number of hydrogen-bond donors (Lipinski definition) is 2. The Morgan fingerprint density at radius 2 is 2.12 bits per heavy atom. The van der Waals surface area contributed by atoms with E-state index in [1.54, 1.807) is 19.2 Å². The normalized spacial score (nSPS) is 10.4. The first-order valence-corrected chi connectivity index (χ1v) is 5.78. The van der Waals surface area contributed by atoms with Crippen LogP contribution < -0.4 is 16.0 Å². The Kier molecular flexibility index (Phi) is 4.37. The molecule has 0 aliphatic carbocycles. The van der Waals surface area contributed by atoms with E-state index in [2.05, 4.69) is 24.1 Å². The fourth-order valence-corrected chi connectivity index (χ4v) is 1.81. The molecule has 4 nitrogen and oxygen atoms in total. The number of nitrogen functional groups attached to an aromatic ring is 1. The fourth-order valence-electron chi connectivity index (χ4n) is 1.81. The van der Waals surface area contributed by atoms with Gasteiger partial charge in [0.1, 0.15) is 0 Å². The number of hydrogen-bond acceptors (Lipinski definition) is 3. The van der Waals surface area contributed by atoms with Gasteiger partial charge in [-0.3, -0.25) is 4.79 Å². The van der Waals surface area contributed by atoms with Crippen molar-refractivity contribution in [2.75, 3.05) is 31.3 Å². The van der Waals surface area contributed by atoms with Crippen molar-refractivity contribution in [1.82, 2.24) is 5.32 Å². The number of carbonyl (C=O) groups excluding carboxylic acids is 1. The van der Waals surface area contributed by atoms with E-state index < -0.39 is 0 Å². The lowest BCUT2D eigenvalue weighted by molar-refractivity contribution is 0.0963. The van der Waals surface area contributed by atoms with Crippen LogP contribution >= 0.6 is 0 Å². The molecule has 0 aromatic heterocycles. The van der Waals surface area contributed by atoms with Crippen LogP contribution in [0, 0.1) is 5.92 Å². The first kappa shape index (κ1) is 13.4. The molecule has 0 heterocycles. The highest BCUT2D eigenvalue weighted by Gasteiger charge is 2.11. The molecule has 0 atom stereocenters. The van der Waals surface area contributed by atoms with Crippen LogP contribution in [0.5, 0.6) is 0 Å². The van der Waals surface area contributed by atoms with Gasteiger partial charge in [-0.15, -0.1) is 0 Å². The average molecular weight is 235 g/mol. The molecule has 0 spiro atoms. The largest absolute Gasteiger partial charge is 0.397 e. The summed E-state index contributed by atoms with van der Waals surface area (Å²) in [6.07, 6.45) is 0. The van der Waals surface area contributed by atoms with E-state index in [4.69, 9.17) is 5.73 Å². The topological polar surface area (TPSA) is 58.4 Å². The highest BCUT2D eigenvalue weighted by atomic mass is 16.1. The quantitative estimate of drug-likeness (QED) is 0.781. The van der Waals surface area contributed by atoms with Gasteiger partial charge in [0, 0.05) is 26.2 Å². The third-order valence-electron chi connectivity index (χ3n) is 2.57. The Hall–Kier alpha value is -1.71. The Bertz CT molecular complexity index is 402. The fraction of sp³-hybridized carbons (Fsp3) is 0.462. The number of nitrogens with one attached hydrogen (secondary N) is 1. The Morgan fingerprint density at radius 1 is 1.47 bits per heavy atom. The van der Waals surface area contributed by atoms with Crippen LogP contribution in [0.2, 0.25) is 0 Å². The summed E-state index contributed by atoms with van der Waals surface area (Å²) in [5, 5.41) is 2.61. The van der Waals surface area contributed by atoms with Crippen molar-refractivity contribution in [3.63, 3.8) is 0 Å². The van der Waals surface area contributed by atoms with Gasteiger partial charge in [-0.2, -0.15) is 0 Å². The second-order valence-corrected chi connectivity index (χ2v) is 4.63. The minimum atomic E-state index is -0.0933. The number of nitrogens with two attached hydrogens (primary N) is 1. The standard InChI is InChI=1S/C13H21N3O/c1-9(2)8-16(4)12-7-10(13(17)15-3)5-6-11(12)14/h5-7,9H,8,14H2,1-4H3,(H,15,17). The van der Waals surface area contributed by atoms with Crippen molar-refractivity contribution in [1.29, 1.82) is 0 Å². The summed E-state index contributed by atoms with van der Waals surface area (Å²) >= 11 is 0. The monoisotopic (exact) mass is 235 g/mol. The molecule has 94 valence electrons. The minimum Gasteiger partial charge on any atom is -0.397 e. The van der Waals surface area contributed by atoms with E-state index in [0.717, 1.165) is 12.2 Å². The van der Waals surface area contributed by atoms with Gasteiger partial charge in [0.2, 0.25) is 0 Å². The molecule has 0 unspecified atom stereocenters. The number of anilines is 2. The Labute approximate surface area is 103 Å². The molecule has 0 bridgehead atoms. The number of amides is 1. The predicted octanol–water partition coefficient (Wildman–Crippen LogP) is 1.72. The molecule has 1 aromatic carbocycles. The maximum atomic E-state index is 11.6. The van der Waals surface area contributed by atoms with E-state index in [1.807, 2.05) is 13.1 Å². The van der Waals surface area contributed by atoms with Gasteiger partial charge in [0.05, 0.1) is 11.4 Å². The van der Waals surface area contributed by atoms with Crippen molar-refractivity contribution in [2.45, 2.75) is 13.8 Å². The smallest absolute Gasteiger partial charge is 0.251 e. The van der Waals surface area contributed by atoms with Gasteiger partial charge in [-0.1, -0.05) is 13.8 Å². The summed E-state index contributed by atoms with van der Waals surface area (Å²) in [5.74, 6) is 0.451. The van der Waals surface area contributed by atoms with Crippen LogP contribution in [-0.2, 0) is 0 Å². The molecule has 0 aliphatic rings. The van der Waals surface area contributed by atoms with Gasteiger partial charge < -0.3 is 16.0 Å². The maximum absolute atomic E-state index is 11.6. The lowest BCUT2D eigenvalue weighted by Gasteiger charge is -2.23. The van der Waals surface area contributed by atoms with Crippen molar-refractivity contribution in [3.05, 3.63) is 23.8 Å². The molecule has 0 aliphatic heterocycles. The van der Waals surface area contributed by atoms with Crippen LogP contribution in [0.3, 0.4) is 0 Å². The summed E-state index contributed by atoms with van der Waals surface area (Å²) in [4.78, 5) is 13.6. The molecule has 4 heteroatoms. The number of carbonyl (C=O) groups is 1. The first-order valence-electron chi connectivity index (χ1n) is 5.78. The lowest BCUT2D eigenvalue weighted by Crippen LogP contribution is -2.24. The minimum absolute atomic E-state index is 0.0933. The SMILES string of the molecule is CNC(=O)c1ccc(N)c(N(C)CC(C)C)c1. The number of nitrogens with zero attached hydrogens (tertiary/aromatic N) is 1. The molecule has 1 amide bonds. The van der Waals surface area contributed by atoms with Crippen LogP contribution in [0.25, 0.3) is 0 Å². The highest BCUT2D eigenvalue weighted by Crippen LogP contribution is 2.24. The Morgan fingerprint density at radius 3 is 2.65 bits per heavy atom. The highest BCUT2D eigenvalue weighted by molar-refractivity contribution is 5.96. The van der Waals surface area contributed by atoms with Crippen molar-refractivity contribution in [3.8, 4) is 0 Å². The molecule has 3 N–H and O–H groups in total. The summed E-state index contributed by atoms with van der Waals surface area (Å²) in [5.41, 5.74) is 8.16. The van der Waals surface area contributed by atoms with Gasteiger partial charge >= 0.3 is 0 Å². The zero-order valence-corrected chi connectivity index (χ0v) is 10.9. The summed E-state index contributed by atoms with van der Waals surface area (Å²) in [7, 11) is 3.61. The van der Waals surface area contributed by atoms with E-state index in [1.165, 1.54) is 0 Å². The van der Waals surface area contributed by atoms with Crippen LogP contribution in [0.1, 0.15) is 24.2 Å². The summed E-state index contributed by atoms with van der Waals surface area (Å²) in [6, 6.07) is 5.34.